The number of anilines is 1. The average Bonchev–Trinajstić information content (AvgIpc) is 2.46. The van der Waals surface area contributed by atoms with Gasteiger partial charge in [-0.15, -0.1) is 0 Å². The Balaban J connectivity index is 2.35. The molecule has 1 heteroatoms. The van der Waals surface area contributed by atoms with Crippen LogP contribution in [0.25, 0.3) is 0 Å². The van der Waals surface area contributed by atoms with E-state index in [1.165, 1.54) is 22.4 Å². The minimum atomic E-state index is 0.629. The van der Waals surface area contributed by atoms with E-state index in [0.717, 1.165) is 13.1 Å². The zero-order valence-electron chi connectivity index (χ0n) is 9.88. The quantitative estimate of drug-likeness (QED) is 0.630. The largest absolute Gasteiger partial charge is 0.367 e. The summed E-state index contributed by atoms with van der Waals surface area (Å²) in [5.74, 6) is 0.629. The molecule has 1 fully saturated rings. The summed E-state index contributed by atoms with van der Waals surface area (Å²) < 4.78 is 0. The van der Waals surface area contributed by atoms with Gasteiger partial charge in [-0.3, -0.25) is 0 Å². The lowest BCUT2D eigenvalue weighted by Gasteiger charge is -2.22. The summed E-state index contributed by atoms with van der Waals surface area (Å²) in [7, 11) is 0. The first-order valence-electron chi connectivity index (χ1n) is 5.58. The molecule has 0 bridgehead atoms. The van der Waals surface area contributed by atoms with E-state index < -0.39 is 0 Å². The van der Waals surface area contributed by atoms with Gasteiger partial charge in [0.1, 0.15) is 0 Å². The van der Waals surface area contributed by atoms with Crippen molar-refractivity contribution in [1.29, 1.82) is 0 Å². The van der Waals surface area contributed by atoms with Crippen LogP contribution in [0.2, 0.25) is 0 Å². The van der Waals surface area contributed by atoms with Gasteiger partial charge in [0.15, 0.2) is 0 Å². The van der Waals surface area contributed by atoms with Crippen LogP contribution >= 0.6 is 0 Å². The molecule has 1 atom stereocenters. The second kappa shape index (κ2) is 3.73. The zero-order valence-corrected chi connectivity index (χ0v) is 9.88. The van der Waals surface area contributed by atoms with Crippen molar-refractivity contribution in [2.24, 2.45) is 5.92 Å². The SMILES string of the molecule is C=C1CN(c2c(C)cccc2C)C[C@@H]1C. The lowest BCUT2D eigenvalue weighted by molar-refractivity contribution is 0.757. The van der Waals surface area contributed by atoms with Crippen molar-refractivity contribution >= 4 is 5.69 Å². The van der Waals surface area contributed by atoms with E-state index in [1.807, 2.05) is 0 Å². The third-order valence-corrected chi connectivity index (χ3v) is 3.34. The summed E-state index contributed by atoms with van der Waals surface area (Å²) in [5.41, 5.74) is 5.51. The number of hydrogen-bond acceptors (Lipinski definition) is 1. The van der Waals surface area contributed by atoms with E-state index in [0.29, 0.717) is 5.92 Å². The number of benzene rings is 1. The number of nitrogens with zero attached hydrogens (tertiary/aromatic N) is 1. The number of aryl methyl sites for hydroxylation is 2. The lowest BCUT2D eigenvalue weighted by atomic mass is 10.1. The third kappa shape index (κ3) is 1.79. The highest BCUT2D eigenvalue weighted by atomic mass is 15.2. The molecule has 1 aromatic carbocycles. The molecule has 1 nitrogen and oxygen atoms in total. The average molecular weight is 201 g/mol. The molecule has 1 aliphatic heterocycles. The first kappa shape index (κ1) is 10.3. The molecule has 80 valence electrons. The van der Waals surface area contributed by atoms with Gasteiger partial charge in [0, 0.05) is 18.8 Å². The molecule has 0 N–H and O–H groups in total. The predicted molar refractivity (Wildman–Crippen MR) is 66.4 cm³/mol. The van der Waals surface area contributed by atoms with E-state index in [-0.39, 0.29) is 0 Å². The Morgan fingerprint density at radius 2 is 1.87 bits per heavy atom. The molecule has 0 radical (unpaired) electrons. The highest BCUT2D eigenvalue weighted by molar-refractivity contribution is 5.60. The van der Waals surface area contributed by atoms with Crippen LogP contribution in [-0.2, 0) is 0 Å². The summed E-state index contributed by atoms with van der Waals surface area (Å²) in [6.07, 6.45) is 0. The third-order valence-electron chi connectivity index (χ3n) is 3.34. The van der Waals surface area contributed by atoms with E-state index in [1.54, 1.807) is 0 Å². The Morgan fingerprint density at radius 1 is 1.27 bits per heavy atom. The summed E-state index contributed by atoms with van der Waals surface area (Å²) in [4.78, 5) is 2.46. The molecule has 0 spiro atoms. The van der Waals surface area contributed by atoms with E-state index in [9.17, 15) is 0 Å². The molecule has 15 heavy (non-hydrogen) atoms. The van der Waals surface area contributed by atoms with Crippen LogP contribution in [-0.4, -0.2) is 13.1 Å². The molecule has 1 aliphatic rings. The van der Waals surface area contributed by atoms with Crippen molar-refractivity contribution in [1.82, 2.24) is 0 Å². The van der Waals surface area contributed by atoms with Gasteiger partial charge in [0.05, 0.1) is 0 Å². The van der Waals surface area contributed by atoms with Crippen molar-refractivity contribution in [3.8, 4) is 0 Å². The summed E-state index contributed by atoms with van der Waals surface area (Å²) in [6.45, 7) is 12.9. The molecule has 1 aromatic rings. The first-order chi connectivity index (χ1) is 7.09. The molecule has 0 aromatic heterocycles. The fraction of sp³-hybridized carbons (Fsp3) is 0.429. The monoisotopic (exact) mass is 201 g/mol. The second-order valence-electron chi connectivity index (χ2n) is 4.68. The standard InChI is InChI=1S/C14H19N/c1-10-6-5-7-11(2)14(10)15-8-12(3)13(4)9-15/h5-7,13H,3,8-9H2,1-2,4H3/t13-/m0/s1. The fourth-order valence-electron chi connectivity index (χ4n) is 2.40. The smallest absolute Gasteiger partial charge is 0.0428 e. The van der Waals surface area contributed by atoms with Crippen LogP contribution in [0.1, 0.15) is 18.1 Å². The topological polar surface area (TPSA) is 3.24 Å². The normalized spacial score (nSPS) is 21.1. The molecule has 2 rings (SSSR count). The number of hydrogen-bond donors (Lipinski definition) is 0. The first-order valence-corrected chi connectivity index (χ1v) is 5.58. The van der Waals surface area contributed by atoms with Gasteiger partial charge in [-0.2, -0.15) is 0 Å². The fourth-order valence-corrected chi connectivity index (χ4v) is 2.40. The van der Waals surface area contributed by atoms with E-state index in [2.05, 4.69) is 50.4 Å². The minimum absolute atomic E-state index is 0.629. The second-order valence-corrected chi connectivity index (χ2v) is 4.68. The van der Waals surface area contributed by atoms with Gasteiger partial charge in [-0.25, -0.2) is 0 Å². The Morgan fingerprint density at radius 3 is 2.33 bits per heavy atom. The van der Waals surface area contributed by atoms with Crippen molar-refractivity contribution < 1.29 is 0 Å². The zero-order chi connectivity index (χ0) is 11.0. The maximum atomic E-state index is 4.13. The summed E-state index contributed by atoms with van der Waals surface area (Å²) >= 11 is 0. The molecular formula is C14H19N. The van der Waals surface area contributed by atoms with Gasteiger partial charge in [-0.05, 0) is 30.9 Å². The van der Waals surface area contributed by atoms with Crippen molar-refractivity contribution in [2.75, 3.05) is 18.0 Å². The molecule has 0 amide bonds. The maximum absolute atomic E-state index is 4.13. The van der Waals surface area contributed by atoms with Gasteiger partial charge in [-0.1, -0.05) is 37.3 Å². The highest BCUT2D eigenvalue weighted by Gasteiger charge is 2.24. The van der Waals surface area contributed by atoms with E-state index >= 15 is 0 Å². The maximum Gasteiger partial charge on any atom is 0.0428 e. The number of rotatable bonds is 1. The Kier molecular flexibility index (Phi) is 2.56. The van der Waals surface area contributed by atoms with Crippen LogP contribution in [0.15, 0.2) is 30.4 Å². The predicted octanol–water partition coefficient (Wildman–Crippen LogP) is 3.32. The molecular weight excluding hydrogens is 182 g/mol. The van der Waals surface area contributed by atoms with Crippen molar-refractivity contribution in [2.45, 2.75) is 20.8 Å². The van der Waals surface area contributed by atoms with Crippen molar-refractivity contribution in [3.63, 3.8) is 0 Å². The van der Waals surface area contributed by atoms with Crippen LogP contribution in [0.3, 0.4) is 0 Å². The summed E-state index contributed by atoms with van der Waals surface area (Å²) in [5, 5.41) is 0. The molecule has 1 saturated heterocycles. The molecule has 0 unspecified atom stereocenters. The van der Waals surface area contributed by atoms with Crippen LogP contribution in [0, 0.1) is 19.8 Å². The molecule has 1 heterocycles. The molecule has 0 saturated carbocycles. The van der Waals surface area contributed by atoms with E-state index in [4.69, 9.17) is 0 Å². The number of para-hydroxylation sites is 1. The molecule has 0 aliphatic carbocycles. The van der Waals surface area contributed by atoms with Gasteiger partial charge >= 0.3 is 0 Å². The van der Waals surface area contributed by atoms with Crippen LogP contribution in [0.5, 0.6) is 0 Å². The van der Waals surface area contributed by atoms with Gasteiger partial charge in [0.2, 0.25) is 0 Å². The summed E-state index contributed by atoms with van der Waals surface area (Å²) in [6, 6.07) is 6.50. The van der Waals surface area contributed by atoms with Crippen LogP contribution in [0.4, 0.5) is 5.69 Å². The highest BCUT2D eigenvalue weighted by Crippen LogP contribution is 2.31. The van der Waals surface area contributed by atoms with Crippen molar-refractivity contribution in [3.05, 3.63) is 41.5 Å². The van der Waals surface area contributed by atoms with Gasteiger partial charge in [0.25, 0.3) is 0 Å². The lowest BCUT2D eigenvalue weighted by Crippen LogP contribution is -2.21. The van der Waals surface area contributed by atoms with Gasteiger partial charge < -0.3 is 4.90 Å². The Hall–Kier alpha value is -1.24. The minimum Gasteiger partial charge on any atom is -0.367 e. The Labute approximate surface area is 92.4 Å². The Bertz CT molecular complexity index is 372. The van der Waals surface area contributed by atoms with Crippen LogP contribution < -0.4 is 4.90 Å².